The van der Waals surface area contributed by atoms with E-state index in [0.717, 1.165) is 16.7 Å². The molecule has 3 N–H and O–H groups in total. The maximum Gasteiger partial charge on any atom is 0.169 e. The van der Waals surface area contributed by atoms with Gasteiger partial charge in [0.2, 0.25) is 0 Å². The number of phenols is 3. The second-order valence-electron chi connectivity index (χ2n) is 4.09. The van der Waals surface area contributed by atoms with Crippen LogP contribution in [-0.4, -0.2) is 15.3 Å². The number of hydrogen-bond acceptors (Lipinski definition) is 3. The Bertz CT molecular complexity index is 554. The minimum atomic E-state index is -0.289. The van der Waals surface area contributed by atoms with Crippen LogP contribution in [0.2, 0.25) is 0 Å². The Morgan fingerprint density at radius 1 is 0.706 bits per heavy atom. The van der Waals surface area contributed by atoms with Gasteiger partial charge in [-0.2, -0.15) is 0 Å². The fourth-order valence-electron chi connectivity index (χ4n) is 2.02. The number of aromatic hydroxyl groups is 3. The van der Waals surface area contributed by atoms with Crippen molar-refractivity contribution in [2.75, 3.05) is 0 Å². The molecule has 2 rings (SSSR count). The average molecular weight is 230 g/mol. The van der Waals surface area contributed by atoms with Crippen molar-refractivity contribution in [3.63, 3.8) is 0 Å². The van der Waals surface area contributed by atoms with Gasteiger partial charge in [0.1, 0.15) is 5.75 Å². The summed E-state index contributed by atoms with van der Waals surface area (Å²) in [7, 11) is 0. The first-order valence-corrected chi connectivity index (χ1v) is 5.33. The highest BCUT2D eigenvalue weighted by Gasteiger charge is 2.17. The van der Waals surface area contributed by atoms with Crippen LogP contribution in [-0.2, 0) is 0 Å². The fourth-order valence-corrected chi connectivity index (χ4v) is 2.02. The van der Waals surface area contributed by atoms with Gasteiger partial charge in [0.05, 0.1) is 5.56 Å². The Morgan fingerprint density at radius 2 is 1.24 bits per heavy atom. The van der Waals surface area contributed by atoms with E-state index in [0.29, 0.717) is 0 Å². The van der Waals surface area contributed by atoms with Gasteiger partial charge in [-0.05, 0) is 42.7 Å². The van der Waals surface area contributed by atoms with Gasteiger partial charge in [-0.15, -0.1) is 0 Å². The predicted octanol–water partition coefficient (Wildman–Crippen LogP) is 3.09. The molecule has 0 aliphatic carbocycles. The monoisotopic (exact) mass is 230 g/mol. The van der Waals surface area contributed by atoms with E-state index in [1.54, 1.807) is 0 Å². The van der Waals surface area contributed by atoms with E-state index in [2.05, 4.69) is 0 Å². The molecule has 0 saturated heterocycles. The Hall–Kier alpha value is -2.16. The van der Waals surface area contributed by atoms with E-state index in [9.17, 15) is 15.3 Å². The van der Waals surface area contributed by atoms with Crippen molar-refractivity contribution in [3.8, 4) is 28.4 Å². The SMILES string of the molecule is Cc1cccc(C)c1-c1c(O)ccc(O)c1O. The van der Waals surface area contributed by atoms with Gasteiger partial charge in [0.15, 0.2) is 11.5 Å². The first kappa shape index (κ1) is 11.3. The van der Waals surface area contributed by atoms with Gasteiger partial charge in [0.25, 0.3) is 0 Å². The fraction of sp³-hybridized carbons (Fsp3) is 0.143. The number of hydrogen-bond donors (Lipinski definition) is 3. The molecule has 0 fully saturated rings. The first-order valence-electron chi connectivity index (χ1n) is 5.33. The highest BCUT2D eigenvalue weighted by Crippen LogP contribution is 2.44. The molecule has 0 aliphatic rings. The lowest BCUT2D eigenvalue weighted by Gasteiger charge is -2.13. The largest absolute Gasteiger partial charge is 0.507 e. The van der Waals surface area contributed by atoms with Crippen molar-refractivity contribution < 1.29 is 15.3 Å². The summed E-state index contributed by atoms with van der Waals surface area (Å²) in [5.41, 5.74) is 2.89. The van der Waals surface area contributed by atoms with Gasteiger partial charge in [-0.25, -0.2) is 0 Å². The third-order valence-electron chi connectivity index (χ3n) is 2.87. The Morgan fingerprint density at radius 3 is 1.82 bits per heavy atom. The summed E-state index contributed by atoms with van der Waals surface area (Å²) < 4.78 is 0. The second-order valence-corrected chi connectivity index (χ2v) is 4.09. The van der Waals surface area contributed by atoms with E-state index < -0.39 is 0 Å². The Balaban J connectivity index is 2.82. The van der Waals surface area contributed by atoms with Gasteiger partial charge in [0, 0.05) is 0 Å². The predicted molar refractivity (Wildman–Crippen MR) is 66.3 cm³/mol. The molecular weight excluding hydrogens is 216 g/mol. The van der Waals surface area contributed by atoms with E-state index >= 15 is 0 Å². The molecule has 0 radical (unpaired) electrons. The third-order valence-corrected chi connectivity index (χ3v) is 2.87. The Kier molecular flexibility index (Phi) is 2.68. The third kappa shape index (κ3) is 1.80. The van der Waals surface area contributed by atoms with Crippen molar-refractivity contribution in [1.29, 1.82) is 0 Å². The summed E-state index contributed by atoms with van der Waals surface area (Å²) in [6.07, 6.45) is 0. The first-order chi connectivity index (χ1) is 8.02. The topological polar surface area (TPSA) is 60.7 Å². The maximum absolute atomic E-state index is 9.87. The van der Waals surface area contributed by atoms with Crippen LogP contribution in [0.3, 0.4) is 0 Å². The summed E-state index contributed by atoms with van der Waals surface area (Å²) in [5, 5.41) is 29.2. The smallest absolute Gasteiger partial charge is 0.169 e. The molecular formula is C14H14O3. The number of aryl methyl sites for hydroxylation is 2. The summed E-state index contributed by atoms with van der Waals surface area (Å²) in [6.45, 7) is 3.79. The minimum absolute atomic E-state index is 0.0438. The van der Waals surface area contributed by atoms with Crippen LogP contribution in [0.25, 0.3) is 11.1 Å². The van der Waals surface area contributed by atoms with Gasteiger partial charge < -0.3 is 15.3 Å². The van der Waals surface area contributed by atoms with Crippen LogP contribution in [0.4, 0.5) is 0 Å². The van der Waals surface area contributed by atoms with Crippen LogP contribution in [0.1, 0.15) is 11.1 Å². The summed E-state index contributed by atoms with van der Waals surface area (Å²) in [6, 6.07) is 8.33. The van der Waals surface area contributed by atoms with Crippen LogP contribution >= 0.6 is 0 Å². The van der Waals surface area contributed by atoms with Gasteiger partial charge in [-0.3, -0.25) is 0 Å². The lowest BCUT2D eigenvalue weighted by molar-refractivity contribution is 0.398. The molecule has 2 aromatic rings. The Labute approximate surface area is 99.6 Å². The molecule has 0 atom stereocenters. The molecule has 0 aromatic heterocycles. The summed E-state index contributed by atoms with van der Waals surface area (Å²) >= 11 is 0. The average Bonchev–Trinajstić information content (AvgIpc) is 2.28. The molecule has 0 spiro atoms. The van der Waals surface area contributed by atoms with Crippen molar-refractivity contribution >= 4 is 0 Å². The zero-order chi connectivity index (χ0) is 12.6. The van der Waals surface area contributed by atoms with Crippen molar-refractivity contribution in [3.05, 3.63) is 41.5 Å². The number of benzene rings is 2. The number of phenolic OH excluding ortho intramolecular Hbond substituents is 3. The van der Waals surface area contributed by atoms with E-state index in [1.807, 2.05) is 32.0 Å². The van der Waals surface area contributed by atoms with E-state index in [1.165, 1.54) is 12.1 Å². The second kappa shape index (κ2) is 4.01. The molecule has 0 amide bonds. The van der Waals surface area contributed by atoms with Crippen molar-refractivity contribution in [1.82, 2.24) is 0 Å². The molecule has 0 aliphatic heterocycles. The molecule has 3 nitrogen and oxygen atoms in total. The molecule has 0 saturated carbocycles. The molecule has 3 heteroatoms. The molecule has 88 valence electrons. The lowest BCUT2D eigenvalue weighted by atomic mass is 9.94. The zero-order valence-corrected chi connectivity index (χ0v) is 9.73. The van der Waals surface area contributed by atoms with Crippen LogP contribution in [0, 0.1) is 13.8 Å². The van der Waals surface area contributed by atoms with Crippen LogP contribution in [0.15, 0.2) is 30.3 Å². The molecule has 2 aromatic carbocycles. The highest BCUT2D eigenvalue weighted by atomic mass is 16.3. The molecule has 0 bridgehead atoms. The quantitative estimate of drug-likeness (QED) is 0.521. The molecule has 17 heavy (non-hydrogen) atoms. The van der Waals surface area contributed by atoms with Crippen molar-refractivity contribution in [2.24, 2.45) is 0 Å². The normalized spacial score (nSPS) is 10.5. The summed E-state index contributed by atoms with van der Waals surface area (Å²) in [5.74, 6) is -0.569. The molecule has 0 unspecified atom stereocenters. The van der Waals surface area contributed by atoms with Gasteiger partial charge in [-0.1, -0.05) is 18.2 Å². The summed E-state index contributed by atoms with van der Waals surface area (Å²) in [4.78, 5) is 0. The highest BCUT2D eigenvalue weighted by molar-refractivity contribution is 5.82. The minimum Gasteiger partial charge on any atom is -0.507 e. The van der Waals surface area contributed by atoms with E-state index in [4.69, 9.17) is 0 Å². The maximum atomic E-state index is 9.87. The van der Waals surface area contributed by atoms with E-state index in [-0.39, 0.29) is 22.8 Å². The zero-order valence-electron chi connectivity index (χ0n) is 9.73. The molecule has 0 heterocycles. The van der Waals surface area contributed by atoms with Crippen molar-refractivity contribution in [2.45, 2.75) is 13.8 Å². The van der Waals surface area contributed by atoms with Gasteiger partial charge >= 0.3 is 0 Å². The van der Waals surface area contributed by atoms with Crippen LogP contribution < -0.4 is 0 Å². The standard InChI is InChI=1S/C14H14O3/c1-8-4-3-5-9(2)12(8)13-10(15)6-7-11(16)14(13)17/h3-7,15-17H,1-2H3. The number of rotatable bonds is 1. The lowest BCUT2D eigenvalue weighted by Crippen LogP contribution is -1.89. The van der Waals surface area contributed by atoms with Crippen LogP contribution in [0.5, 0.6) is 17.2 Å².